The van der Waals surface area contributed by atoms with Crippen molar-refractivity contribution in [1.82, 2.24) is 9.80 Å². The number of carbonyl (C=O) groups is 2. The maximum Gasteiger partial charge on any atom is 0.241 e. The summed E-state index contributed by atoms with van der Waals surface area (Å²) in [4.78, 5) is 29.5. The van der Waals surface area contributed by atoms with Gasteiger partial charge in [0.2, 0.25) is 11.8 Å². The summed E-state index contributed by atoms with van der Waals surface area (Å²) >= 11 is 0. The molecule has 2 amide bonds. The van der Waals surface area contributed by atoms with E-state index in [-0.39, 0.29) is 23.8 Å². The Hall–Kier alpha value is -1.96. The predicted octanol–water partition coefficient (Wildman–Crippen LogP) is 2.41. The lowest BCUT2D eigenvalue weighted by atomic mass is 9.98. The maximum atomic E-state index is 12.9. The predicted molar refractivity (Wildman–Crippen MR) is 115 cm³/mol. The number of hydrogen-bond donors (Lipinski definition) is 2. The zero-order valence-electron chi connectivity index (χ0n) is 17.7. The van der Waals surface area contributed by atoms with Gasteiger partial charge in [-0.15, -0.1) is 0 Å². The zero-order valence-corrected chi connectivity index (χ0v) is 17.7. The van der Waals surface area contributed by atoms with Crippen LogP contribution in [-0.2, 0) is 14.3 Å². The van der Waals surface area contributed by atoms with Gasteiger partial charge in [0.25, 0.3) is 0 Å². The van der Waals surface area contributed by atoms with Crippen molar-refractivity contribution in [3.8, 4) is 0 Å². The number of hydrogen-bond acceptors (Lipinski definition) is 5. The third-order valence-electron chi connectivity index (χ3n) is 5.59. The molecule has 3 rings (SSSR count). The summed E-state index contributed by atoms with van der Waals surface area (Å²) in [6, 6.07) is 7.24. The molecule has 7 nitrogen and oxygen atoms in total. The lowest BCUT2D eigenvalue weighted by molar-refractivity contribution is -0.123. The summed E-state index contributed by atoms with van der Waals surface area (Å²) in [5.74, 6) is 0.270. The minimum atomic E-state index is -0.108. The first-order valence-electron chi connectivity index (χ1n) is 10.8. The van der Waals surface area contributed by atoms with E-state index in [9.17, 15) is 9.59 Å². The molecular formula is C22H34N4O3. The molecule has 1 atom stereocenters. The van der Waals surface area contributed by atoms with Gasteiger partial charge in [0.15, 0.2) is 0 Å². The zero-order chi connectivity index (χ0) is 20.6. The standard InChI is InChI=1S/C22H34N4O3/c1-17(2)21(26-10-4-3-5-11-26)22(28)24-19-8-6-18(7-9-19)23-20(27)16-25-12-14-29-15-13-25/h6-9,17,21H,3-5,10-16H2,1-2H3,(H,23,27)(H,24,28). The van der Waals surface area contributed by atoms with Crippen molar-refractivity contribution in [3.63, 3.8) is 0 Å². The van der Waals surface area contributed by atoms with Gasteiger partial charge < -0.3 is 15.4 Å². The van der Waals surface area contributed by atoms with Gasteiger partial charge in [-0.25, -0.2) is 0 Å². The second-order valence-corrected chi connectivity index (χ2v) is 8.29. The molecule has 2 saturated heterocycles. The molecular weight excluding hydrogens is 368 g/mol. The summed E-state index contributed by atoms with van der Waals surface area (Å²) in [6.07, 6.45) is 3.58. The number of piperidine rings is 1. The number of likely N-dealkylation sites (tertiary alicyclic amines) is 1. The molecule has 1 unspecified atom stereocenters. The van der Waals surface area contributed by atoms with Crippen molar-refractivity contribution in [1.29, 1.82) is 0 Å². The molecule has 7 heteroatoms. The third kappa shape index (κ3) is 6.52. The van der Waals surface area contributed by atoms with Crippen molar-refractivity contribution in [2.75, 3.05) is 56.6 Å². The molecule has 0 aliphatic carbocycles. The smallest absolute Gasteiger partial charge is 0.241 e. The van der Waals surface area contributed by atoms with Crippen LogP contribution in [0.15, 0.2) is 24.3 Å². The largest absolute Gasteiger partial charge is 0.379 e. The van der Waals surface area contributed by atoms with Gasteiger partial charge in [0, 0.05) is 24.5 Å². The molecule has 160 valence electrons. The van der Waals surface area contributed by atoms with Gasteiger partial charge >= 0.3 is 0 Å². The van der Waals surface area contributed by atoms with Crippen LogP contribution in [0.25, 0.3) is 0 Å². The number of anilines is 2. The van der Waals surface area contributed by atoms with E-state index in [0.717, 1.165) is 50.4 Å². The first kappa shape index (κ1) is 21.7. The van der Waals surface area contributed by atoms with Crippen molar-refractivity contribution in [3.05, 3.63) is 24.3 Å². The van der Waals surface area contributed by atoms with Crippen LogP contribution in [0.1, 0.15) is 33.1 Å². The van der Waals surface area contributed by atoms with E-state index < -0.39 is 0 Å². The lowest BCUT2D eigenvalue weighted by Crippen LogP contribution is -2.49. The number of nitrogens with one attached hydrogen (secondary N) is 2. The van der Waals surface area contributed by atoms with Crippen molar-refractivity contribution in [2.45, 2.75) is 39.2 Å². The quantitative estimate of drug-likeness (QED) is 0.733. The van der Waals surface area contributed by atoms with Crippen molar-refractivity contribution < 1.29 is 14.3 Å². The Balaban J connectivity index is 1.52. The first-order chi connectivity index (χ1) is 14.0. The van der Waals surface area contributed by atoms with E-state index in [1.54, 1.807) is 0 Å². The molecule has 2 N–H and O–H groups in total. The molecule has 0 aromatic heterocycles. The number of nitrogens with zero attached hydrogens (tertiary/aromatic N) is 2. The van der Waals surface area contributed by atoms with E-state index in [4.69, 9.17) is 4.74 Å². The fourth-order valence-corrected chi connectivity index (χ4v) is 4.10. The Morgan fingerprint density at radius 2 is 1.52 bits per heavy atom. The van der Waals surface area contributed by atoms with Crippen LogP contribution in [0.5, 0.6) is 0 Å². The van der Waals surface area contributed by atoms with Crippen LogP contribution >= 0.6 is 0 Å². The van der Waals surface area contributed by atoms with Gasteiger partial charge in [-0.05, 0) is 56.1 Å². The van der Waals surface area contributed by atoms with Gasteiger partial charge in [-0.3, -0.25) is 19.4 Å². The van der Waals surface area contributed by atoms with Gasteiger partial charge in [-0.2, -0.15) is 0 Å². The number of amides is 2. The van der Waals surface area contributed by atoms with Crippen LogP contribution in [-0.4, -0.2) is 73.6 Å². The van der Waals surface area contributed by atoms with E-state index in [2.05, 4.69) is 34.3 Å². The van der Waals surface area contributed by atoms with E-state index in [1.165, 1.54) is 6.42 Å². The lowest BCUT2D eigenvalue weighted by Gasteiger charge is -2.35. The summed E-state index contributed by atoms with van der Waals surface area (Å²) in [5.41, 5.74) is 1.49. The monoisotopic (exact) mass is 402 g/mol. The minimum absolute atomic E-state index is 0.0337. The van der Waals surface area contributed by atoms with Gasteiger partial charge in [-0.1, -0.05) is 20.3 Å². The molecule has 2 aliphatic heterocycles. The number of ether oxygens (including phenoxy) is 1. The highest BCUT2D eigenvalue weighted by Gasteiger charge is 2.29. The second-order valence-electron chi connectivity index (χ2n) is 8.29. The molecule has 0 bridgehead atoms. The summed E-state index contributed by atoms with van der Waals surface area (Å²) in [7, 11) is 0. The Bertz CT molecular complexity index is 665. The number of benzene rings is 1. The number of morpholine rings is 1. The third-order valence-corrected chi connectivity index (χ3v) is 5.59. The number of carbonyl (C=O) groups excluding carboxylic acids is 2. The Kier molecular flexibility index (Phi) is 8.03. The van der Waals surface area contributed by atoms with Crippen LogP contribution in [0, 0.1) is 5.92 Å². The summed E-state index contributed by atoms with van der Waals surface area (Å²) in [5, 5.41) is 5.97. The Labute approximate surface area is 173 Å². The van der Waals surface area contributed by atoms with Crippen molar-refractivity contribution >= 4 is 23.2 Å². The van der Waals surface area contributed by atoms with Crippen LogP contribution in [0.2, 0.25) is 0 Å². The fraction of sp³-hybridized carbons (Fsp3) is 0.636. The first-order valence-corrected chi connectivity index (χ1v) is 10.8. The average molecular weight is 403 g/mol. The molecule has 0 radical (unpaired) electrons. The molecule has 2 fully saturated rings. The molecule has 1 aromatic carbocycles. The average Bonchev–Trinajstić information content (AvgIpc) is 2.71. The van der Waals surface area contributed by atoms with E-state index >= 15 is 0 Å². The van der Waals surface area contributed by atoms with Crippen molar-refractivity contribution in [2.24, 2.45) is 5.92 Å². The van der Waals surface area contributed by atoms with Crippen LogP contribution in [0.3, 0.4) is 0 Å². The Morgan fingerprint density at radius 3 is 2.10 bits per heavy atom. The van der Waals surface area contributed by atoms with E-state index in [1.807, 2.05) is 24.3 Å². The molecule has 29 heavy (non-hydrogen) atoms. The van der Waals surface area contributed by atoms with Gasteiger partial charge in [0.1, 0.15) is 0 Å². The van der Waals surface area contributed by atoms with Crippen LogP contribution < -0.4 is 10.6 Å². The number of rotatable bonds is 7. The van der Waals surface area contributed by atoms with Gasteiger partial charge in [0.05, 0.1) is 25.8 Å². The minimum Gasteiger partial charge on any atom is -0.379 e. The normalized spacial score (nSPS) is 19.7. The molecule has 0 spiro atoms. The molecule has 1 aromatic rings. The fourth-order valence-electron chi connectivity index (χ4n) is 4.10. The highest BCUT2D eigenvalue weighted by molar-refractivity contribution is 5.96. The molecule has 0 saturated carbocycles. The topological polar surface area (TPSA) is 73.9 Å². The van der Waals surface area contributed by atoms with Crippen LogP contribution in [0.4, 0.5) is 11.4 Å². The SMILES string of the molecule is CC(C)C(C(=O)Nc1ccc(NC(=O)CN2CCOCC2)cc1)N1CCCCC1. The maximum absolute atomic E-state index is 12.9. The highest BCUT2D eigenvalue weighted by Crippen LogP contribution is 2.20. The summed E-state index contributed by atoms with van der Waals surface area (Å²) in [6.45, 7) is 9.48. The second kappa shape index (κ2) is 10.7. The van der Waals surface area contributed by atoms with E-state index in [0.29, 0.717) is 19.8 Å². The highest BCUT2D eigenvalue weighted by atomic mass is 16.5. The molecule has 2 heterocycles. The molecule has 2 aliphatic rings. The summed E-state index contributed by atoms with van der Waals surface area (Å²) < 4.78 is 5.30. The Morgan fingerprint density at radius 1 is 0.931 bits per heavy atom.